The summed E-state index contributed by atoms with van der Waals surface area (Å²) in [6.07, 6.45) is -8.23. The largest absolute Gasteiger partial charge is 0.507 e. The summed E-state index contributed by atoms with van der Waals surface area (Å²) in [5, 5.41) is 57.5. The zero-order chi connectivity index (χ0) is 36.8. The van der Waals surface area contributed by atoms with Crippen LogP contribution in [0.2, 0.25) is 0 Å². The van der Waals surface area contributed by atoms with Gasteiger partial charge in [0.2, 0.25) is 17.3 Å². The fraction of sp³-hybridized carbons (Fsp3) is 0.471. The van der Waals surface area contributed by atoms with Crippen LogP contribution in [0.25, 0.3) is 0 Å². The van der Waals surface area contributed by atoms with Crippen molar-refractivity contribution < 1.29 is 73.2 Å². The number of phenolic OH excluding ortho intramolecular Hbond substituents is 2. The van der Waals surface area contributed by atoms with E-state index >= 15 is 0 Å². The number of ether oxygens (including phenoxy) is 5. The molecular formula is C34H35NO15. The van der Waals surface area contributed by atoms with Gasteiger partial charge in [-0.1, -0.05) is 6.07 Å². The van der Waals surface area contributed by atoms with Gasteiger partial charge in [-0.2, -0.15) is 0 Å². The smallest absolute Gasteiger partial charge is 0.341 e. The van der Waals surface area contributed by atoms with Crippen molar-refractivity contribution in [1.82, 2.24) is 0 Å². The summed E-state index contributed by atoms with van der Waals surface area (Å²) < 4.78 is 26.7. The average molecular weight is 698 g/mol. The van der Waals surface area contributed by atoms with E-state index < -0.39 is 135 Å². The minimum absolute atomic E-state index is 0.00455. The molecule has 4 aliphatic rings. The first kappa shape index (κ1) is 35.4. The highest BCUT2D eigenvalue weighted by Crippen LogP contribution is 2.56. The summed E-state index contributed by atoms with van der Waals surface area (Å²) in [7, 11) is 4.61. The molecule has 1 fully saturated rings. The van der Waals surface area contributed by atoms with Gasteiger partial charge in [-0.15, -0.1) is 0 Å². The van der Waals surface area contributed by atoms with Gasteiger partial charge in [-0.3, -0.25) is 24.2 Å². The number of ketones is 4. The number of aryl methyl sites for hydroxylation is 1. The lowest BCUT2D eigenvalue weighted by Crippen LogP contribution is -2.73. The Kier molecular flexibility index (Phi) is 8.58. The Bertz CT molecular complexity index is 1920. The molecule has 1 saturated heterocycles. The van der Waals surface area contributed by atoms with Crippen molar-refractivity contribution in [3.05, 3.63) is 56.6 Å². The van der Waals surface area contributed by atoms with Crippen LogP contribution in [0.3, 0.4) is 0 Å². The van der Waals surface area contributed by atoms with Gasteiger partial charge in [-0.25, -0.2) is 4.79 Å². The van der Waals surface area contributed by atoms with Crippen LogP contribution in [0.4, 0.5) is 0 Å². The van der Waals surface area contributed by atoms with Crippen molar-refractivity contribution in [1.29, 1.82) is 0 Å². The molecule has 0 amide bonds. The van der Waals surface area contributed by atoms with E-state index in [9.17, 15) is 49.5 Å². The maximum atomic E-state index is 14.6. The summed E-state index contributed by atoms with van der Waals surface area (Å²) in [6, 6.07) is 2.18. The van der Waals surface area contributed by atoms with Gasteiger partial charge in [0.15, 0.2) is 23.2 Å². The van der Waals surface area contributed by atoms with Gasteiger partial charge in [0.1, 0.15) is 35.4 Å². The summed E-state index contributed by atoms with van der Waals surface area (Å²) in [6.45, 7) is 3.05. The number of rotatable bonds is 5. The fourth-order valence-electron chi connectivity index (χ4n) is 7.90. The first-order chi connectivity index (χ1) is 23.6. The quantitative estimate of drug-likeness (QED) is 0.260. The molecule has 0 bridgehead atoms. The number of methoxy groups -OCH3 is 4. The number of nitrogens with zero attached hydrogens (tertiary/aromatic N) is 1. The van der Waals surface area contributed by atoms with E-state index in [1.165, 1.54) is 27.2 Å². The number of hydrogen-bond donors (Lipinski definition) is 5. The first-order valence-electron chi connectivity index (χ1n) is 15.5. The van der Waals surface area contributed by atoms with Crippen LogP contribution in [-0.4, -0.2) is 131 Å². The van der Waals surface area contributed by atoms with E-state index in [0.29, 0.717) is 0 Å². The van der Waals surface area contributed by atoms with Gasteiger partial charge in [0.25, 0.3) is 0 Å². The molecule has 0 saturated carbocycles. The zero-order valence-electron chi connectivity index (χ0n) is 27.8. The van der Waals surface area contributed by atoms with Crippen LogP contribution in [0, 0.1) is 6.92 Å². The second-order valence-corrected chi connectivity index (χ2v) is 12.7. The van der Waals surface area contributed by atoms with E-state index in [4.69, 9.17) is 23.7 Å². The topological polar surface area (TPSA) is 245 Å². The number of phenols is 2. The average Bonchev–Trinajstić information content (AvgIpc) is 3.05. The van der Waals surface area contributed by atoms with E-state index in [1.807, 2.05) is 0 Å². The second-order valence-electron chi connectivity index (χ2n) is 12.7. The van der Waals surface area contributed by atoms with Crippen LogP contribution in [0.5, 0.6) is 11.5 Å². The van der Waals surface area contributed by atoms with E-state index in [0.717, 1.165) is 20.3 Å². The van der Waals surface area contributed by atoms with Gasteiger partial charge in [0.05, 0.1) is 42.6 Å². The number of hydrogen-bond acceptors (Lipinski definition) is 16. The molecule has 50 heavy (non-hydrogen) atoms. The van der Waals surface area contributed by atoms with Crippen molar-refractivity contribution in [3.63, 3.8) is 0 Å². The van der Waals surface area contributed by atoms with Crippen LogP contribution in [-0.2, 0) is 35.7 Å². The highest BCUT2D eigenvalue weighted by atomic mass is 16.6. The molecule has 0 radical (unpaired) electrons. The predicted octanol–water partition coefficient (Wildman–Crippen LogP) is 0.108. The third-order valence-corrected chi connectivity index (χ3v) is 10.2. The van der Waals surface area contributed by atoms with E-state index in [1.54, 1.807) is 6.92 Å². The van der Waals surface area contributed by atoms with Crippen LogP contribution >= 0.6 is 0 Å². The summed E-state index contributed by atoms with van der Waals surface area (Å²) in [5.41, 5.74) is -10.1. The molecule has 0 aromatic heterocycles. The van der Waals surface area contributed by atoms with Gasteiger partial charge in [0, 0.05) is 44.4 Å². The molecule has 8 atom stereocenters. The number of esters is 1. The van der Waals surface area contributed by atoms with Crippen molar-refractivity contribution in [2.45, 2.75) is 74.6 Å². The Hall–Kier alpha value is -4.42. The number of benzene rings is 2. The third-order valence-electron chi connectivity index (χ3n) is 10.2. The number of aliphatic hydroxyl groups is 3. The Morgan fingerprint density at radius 1 is 0.940 bits per heavy atom. The lowest BCUT2D eigenvalue weighted by molar-refractivity contribution is -0.228. The molecular weight excluding hydrogens is 662 g/mol. The molecule has 5 N–H and O–H groups in total. The Labute approximate surface area is 284 Å². The normalized spacial score (nSPS) is 32.7. The van der Waals surface area contributed by atoms with Crippen LogP contribution in [0.1, 0.15) is 81.8 Å². The number of carbonyl (C=O) groups is 5. The molecule has 266 valence electrons. The fourth-order valence-corrected chi connectivity index (χ4v) is 7.90. The van der Waals surface area contributed by atoms with Gasteiger partial charge >= 0.3 is 5.97 Å². The standard InChI is InChI=1S/C34H35NO15/c1-11-7-13-8-18(37)34(49-6)30(43)21-15(29(42)33(34,45)22(13)25(40)19(11)32(44)48-5)9-14-20(24(21)39)17(36)10-16(23(14)38)35-31-28(47-4)26(41)27(46-3)12(2)50-31/h7,9,12,18,26-28,31,37,39-41,45H,8,10H2,1-6H3/t12-,18+,26+,27-,28+,31-,33-,34+/m0/s1. The molecule has 16 heteroatoms. The van der Waals surface area contributed by atoms with E-state index in [2.05, 4.69) is 4.99 Å². The highest BCUT2D eigenvalue weighted by Gasteiger charge is 2.72. The summed E-state index contributed by atoms with van der Waals surface area (Å²) in [4.78, 5) is 73.4. The zero-order valence-corrected chi connectivity index (χ0v) is 27.8. The minimum Gasteiger partial charge on any atom is -0.507 e. The molecule has 2 aromatic rings. The molecule has 16 nitrogen and oxygen atoms in total. The van der Waals surface area contributed by atoms with Crippen molar-refractivity contribution in [3.8, 4) is 11.5 Å². The molecule has 6 rings (SSSR count). The van der Waals surface area contributed by atoms with Gasteiger partial charge < -0.3 is 49.2 Å². The molecule has 3 aliphatic carbocycles. The molecule has 1 heterocycles. The number of aliphatic imine (C=N–C) groups is 1. The van der Waals surface area contributed by atoms with Crippen molar-refractivity contribution in [2.75, 3.05) is 28.4 Å². The maximum absolute atomic E-state index is 14.6. The second kappa shape index (κ2) is 12.1. The maximum Gasteiger partial charge on any atom is 0.341 e. The number of carbonyl (C=O) groups excluding carboxylic acids is 5. The molecule has 0 unspecified atom stereocenters. The lowest BCUT2D eigenvalue weighted by atomic mass is 9.56. The molecule has 1 aliphatic heterocycles. The predicted molar refractivity (Wildman–Crippen MR) is 167 cm³/mol. The number of aromatic hydroxyl groups is 2. The Morgan fingerprint density at radius 3 is 2.20 bits per heavy atom. The van der Waals surface area contributed by atoms with Gasteiger partial charge in [-0.05, 0) is 31.0 Å². The molecule has 2 aromatic carbocycles. The first-order valence-corrected chi connectivity index (χ1v) is 15.5. The van der Waals surface area contributed by atoms with E-state index in [-0.39, 0.29) is 16.8 Å². The number of fused-ring (bicyclic) bond motifs is 5. The lowest BCUT2D eigenvalue weighted by Gasteiger charge is -2.52. The molecule has 0 spiro atoms. The summed E-state index contributed by atoms with van der Waals surface area (Å²) >= 11 is 0. The minimum atomic E-state index is -3.23. The Morgan fingerprint density at radius 2 is 1.60 bits per heavy atom. The SMILES string of the molecule is COC(=O)c1c(C)cc2c(c1O)[C@]1(O)C(=O)c3cc4c(c(O)c3C(=O)[C@]1(OC)[C@H](O)C2)C(=O)CC(=N[C@H]1O[C@@H](C)[C@H](OC)[C@@H](O)[C@H]1OC)C4=O. The number of aliphatic hydroxyl groups excluding tert-OH is 2. The van der Waals surface area contributed by atoms with Crippen LogP contribution < -0.4 is 0 Å². The highest BCUT2D eigenvalue weighted by molar-refractivity contribution is 6.53. The van der Waals surface area contributed by atoms with Crippen LogP contribution in [0.15, 0.2) is 17.1 Å². The van der Waals surface area contributed by atoms with Crippen molar-refractivity contribution >= 4 is 34.8 Å². The number of Topliss-reactive ketones (excluding diaryl/α,β-unsaturated/α-hetero) is 4. The van der Waals surface area contributed by atoms with Crippen molar-refractivity contribution in [2.24, 2.45) is 4.99 Å². The third kappa shape index (κ3) is 4.43. The Balaban J connectivity index is 1.55. The summed E-state index contributed by atoms with van der Waals surface area (Å²) in [5.74, 6) is -7.56. The monoisotopic (exact) mass is 697 g/mol.